The zero-order chi connectivity index (χ0) is 41.7. The van der Waals surface area contributed by atoms with Crippen LogP contribution in [0.4, 0.5) is 0 Å². The van der Waals surface area contributed by atoms with E-state index in [1.165, 1.54) is 5.56 Å². The fourth-order valence-electron chi connectivity index (χ4n) is 9.64. The van der Waals surface area contributed by atoms with Crippen LogP contribution in [0.1, 0.15) is 141 Å². The molecule has 11 heteroatoms. The Morgan fingerprint density at radius 2 is 1.39 bits per heavy atom. The minimum Gasteiger partial charge on any atom is -0.414 e. The third kappa shape index (κ3) is 12.7. The minimum absolute atomic E-state index is 0.0331. The Morgan fingerprint density at radius 3 is 1.98 bits per heavy atom. The van der Waals surface area contributed by atoms with Crippen LogP contribution in [-0.4, -0.2) is 83.6 Å². The van der Waals surface area contributed by atoms with Gasteiger partial charge in [0.15, 0.2) is 33.8 Å². The zero-order valence-corrected chi connectivity index (χ0v) is 39.9. The van der Waals surface area contributed by atoms with Crippen LogP contribution in [0.25, 0.3) is 0 Å². The summed E-state index contributed by atoms with van der Waals surface area (Å²) < 4.78 is 53.2. The molecule has 4 rings (SSSR count). The average Bonchev–Trinajstić information content (AvgIpc) is 3.04. The molecule has 0 saturated carbocycles. The molecule has 9 nitrogen and oxygen atoms in total. The largest absolute Gasteiger partial charge is 0.414 e. The normalized spacial score (nSPS) is 30.2. The number of benzene rings is 1. The minimum atomic E-state index is -2.13. The maximum Gasteiger partial charge on any atom is 0.200 e. The average molecular weight is 818 g/mol. The van der Waals surface area contributed by atoms with E-state index in [2.05, 4.69) is 93.6 Å². The van der Waals surface area contributed by atoms with E-state index in [1.807, 2.05) is 45.9 Å². The molecule has 0 aliphatic carbocycles. The fourth-order valence-corrected chi connectivity index (χ4v) is 16.5. The van der Waals surface area contributed by atoms with Crippen LogP contribution in [0.5, 0.6) is 0 Å². The van der Waals surface area contributed by atoms with Crippen molar-refractivity contribution in [2.75, 3.05) is 13.2 Å². The van der Waals surface area contributed by atoms with Crippen molar-refractivity contribution in [2.24, 2.45) is 0 Å². The molecule has 1 aromatic carbocycles. The van der Waals surface area contributed by atoms with Crippen LogP contribution in [0.2, 0.25) is 34.8 Å². The first-order valence-electron chi connectivity index (χ1n) is 21.6. The molecular formula is C45H79NO8Si2. The van der Waals surface area contributed by atoms with Gasteiger partial charge in [0.1, 0.15) is 0 Å². The van der Waals surface area contributed by atoms with E-state index >= 15 is 0 Å². The summed E-state index contributed by atoms with van der Waals surface area (Å²) in [6, 6.07) is 12.9. The zero-order valence-electron chi connectivity index (χ0n) is 37.9. The molecule has 56 heavy (non-hydrogen) atoms. The number of hydrogen-bond acceptors (Lipinski definition) is 9. The van der Waals surface area contributed by atoms with Crippen LogP contribution < -0.4 is 0 Å². The highest BCUT2D eigenvalue weighted by Crippen LogP contribution is 2.46. The van der Waals surface area contributed by atoms with Gasteiger partial charge >= 0.3 is 0 Å². The Balaban J connectivity index is 1.46. The summed E-state index contributed by atoms with van der Waals surface area (Å²) >= 11 is 0. The van der Waals surface area contributed by atoms with Crippen molar-refractivity contribution in [1.29, 1.82) is 5.26 Å². The molecule has 3 fully saturated rings. The second-order valence-electron chi connectivity index (χ2n) is 20.4. The molecular weight excluding hydrogens is 739 g/mol. The lowest BCUT2D eigenvalue weighted by Gasteiger charge is -2.49. The molecule has 1 aromatic rings. The monoisotopic (exact) mass is 818 g/mol. The van der Waals surface area contributed by atoms with Gasteiger partial charge in [-0.2, -0.15) is 5.26 Å². The van der Waals surface area contributed by atoms with E-state index in [4.69, 9.17) is 37.3 Å². The Morgan fingerprint density at radius 1 is 0.804 bits per heavy atom. The van der Waals surface area contributed by atoms with Crippen molar-refractivity contribution >= 4 is 16.6 Å². The van der Waals surface area contributed by atoms with E-state index in [9.17, 15) is 5.26 Å². The number of hydrogen-bond donors (Lipinski definition) is 0. The molecule has 3 heterocycles. The number of nitrogens with zero attached hydrogens (tertiary/aromatic N) is 1. The summed E-state index contributed by atoms with van der Waals surface area (Å²) in [7, 11) is -4.14. The standard InChI is InChI=1S/C45H79NO8Si2/c1-32(2)56(33(3)4,34(5)6)48-30-41-28-45(31-46,54-44(12,13)52-41)27-40-26-38(50-43(10,11)51-40)24-37-25-39(53-55(14,15)42(7,8)9)23-36(49-37)21-22-47-29-35-19-17-16-18-20-35/h16-20,32-34,36-41H,21-30H2,1-15H3/t36-,37+,38+,39+,40-,41+,45+/m1/s1. The van der Waals surface area contributed by atoms with E-state index in [0.29, 0.717) is 55.7 Å². The summed E-state index contributed by atoms with van der Waals surface area (Å²) in [5, 5.41) is 11.0. The SMILES string of the molecule is CC(C)[Si](OC[C@@H]1C[C@](C#N)(C[C@H]2C[C@H](C[C@H]3C[C@@H](O[Si](C)(C)C(C)(C)C)C[C@@H](CCOCc4ccccc4)O3)OC(C)(C)O2)OC(C)(C)O1)(C(C)C)C(C)C. The first-order valence-corrected chi connectivity index (χ1v) is 26.7. The molecule has 3 saturated heterocycles. The Kier molecular flexibility index (Phi) is 16.1. The van der Waals surface area contributed by atoms with Gasteiger partial charge in [-0.05, 0) is 87.3 Å². The van der Waals surface area contributed by atoms with Gasteiger partial charge in [-0.1, -0.05) is 92.6 Å². The molecule has 3 aliphatic rings. The summed E-state index contributed by atoms with van der Waals surface area (Å²) in [4.78, 5) is 0. The van der Waals surface area contributed by atoms with Gasteiger partial charge in [-0.3, -0.25) is 0 Å². The molecule has 3 aliphatic heterocycles. The Labute approximate surface area is 343 Å². The number of nitriles is 1. The van der Waals surface area contributed by atoms with Gasteiger partial charge in [0.2, 0.25) is 0 Å². The molecule has 0 N–H and O–H groups in total. The van der Waals surface area contributed by atoms with Crippen LogP contribution in [0.3, 0.4) is 0 Å². The maximum absolute atomic E-state index is 10.8. The topological polar surface area (TPSA) is 97.6 Å². The van der Waals surface area contributed by atoms with E-state index in [1.54, 1.807) is 0 Å². The summed E-state index contributed by atoms with van der Waals surface area (Å²) in [6.45, 7) is 34.8. The second kappa shape index (κ2) is 19.0. The van der Waals surface area contributed by atoms with Crippen LogP contribution >= 0.6 is 0 Å². The second-order valence-corrected chi connectivity index (χ2v) is 30.6. The molecule has 7 atom stereocenters. The smallest absolute Gasteiger partial charge is 0.200 e. The maximum atomic E-state index is 10.8. The van der Waals surface area contributed by atoms with Crippen molar-refractivity contribution in [3.8, 4) is 6.07 Å². The van der Waals surface area contributed by atoms with Crippen LogP contribution in [-0.2, 0) is 43.9 Å². The predicted molar refractivity (Wildman–Crippen MR) is 228 cm³/mol. The van der Waals surface area contributed by atoms with Crippen molar-refractivity contribution in [1.82, 2.24) is 0 Å². The molecule has 0 unspecified atom stereocenters. The quantitative estimate of drug-likeness (QED) is 0.112. The molecule has 0 radical (unpaired) electrons. The number of ether oxygens (including phenoxy) is 6. The molecule has 0 amide bonds. The lowest BCUT2D eigenvalue weighted by molar-refractivity contribution is -0.342. The first kappa shape index (κ1) is 47.5. The lowest BCUT2D eigenvalue weighted by Crippen LogP contribution is -2.57. The number of rotatable bonds is 17. The van der Waals surface area contributed by atoms with Crippen LogP contribution in [0, 0.1) is 11.3 Å². The Bertz CT molecular complexity index is 1380. The highest BCUT2D eigenvalue weighted by molar-refractivity contribution is 6.77. The summed E-state index contributed by atoms with van der Waals surface area (Å²) in [5.41, 5.74) is 1.44. The van der Waals surface area contributed by atoms with E-state index in [-0.39, 0.29) is 41.7 Å². The molecule has 0 bridgehead atoms. The third-order valence-electron chi connectivity index (χ3n) is 12.8. The van der Waals surface area contributed by atoms with Gasteiger partial charge in [-0.25, -0.2) is 0 Å². The van der Waals surface area contributed by atoms with Crippen molar-refractivity contribution in [2.45, 2.75) is 230 Å². The van der Waals surface area contributed by atoms with Gasteiger partial charge in [0.05, 0.1) is 49.8 Å². The predicted octanol–water partition coefficient (Wildman–Crippen LogP) is 11.2. The van der Waals surface area contributed by atoms with Crippen LogP contribution in [0.15, 0.2) is 30.3 Å². The molecule has 0 aromatic heterocycles. The highest BCUT2D eigenvalue weighted by Gasteiger charge is 2.52. The fraction of sp³-hybridized carbons (Fsp3) is 0.844. The van der Waals surface area contributed by atoms with E-state index < -0.39 is 33.8 Å². The third-order valence-corrected chi connectivity index (χ3v) is 23.4. The Hall–Kier alpha value is -1.18. The lowest BCUT2D eigenvalue weighted by atomic mass is 9.86. The van der Waals surface area contributed by atoms with Crippen molar-refractivity contribution < 1.29 is 37.3 Å². The molecule has 320 valence electrons. The first-order chi connectivity index (χ1) is 25.9. The van der Waals surface area contributed by atoms with Gasteiger partial charge < -0.3 is 37.3 Å². The molecule has 0 spiro atoms. The van der Waals surface area contributed by atoms with E-state index in [0.717, 1.165) is 25.7 Å². The van der Waals surface area contributed by atoms with Crippen molar-refractivity contribution in [3.63, 3.8) is 0 Å². The van der Waals surface area contributed by atoms with Gasteiger partial charge in [0, 0.05) is 38.4 Å². The van der Waals surface area contributed by atoms with Gasteiger partial charge in [0.25, 0.3) is 0 Å². The van der Waals surface area contributed by atoms with Gasteiger partial charge in [-0.15, -0.1) is 0 Å². The highest BCUT2D eigenvalue weighted by atomic mass is 28.4. The summed E-state index contributed by atoms with van der Waals surface area (Å²) in [6.07, 6.45) is 4.17. The summed E-state index contributed by atoms with van der Waals surface area (Å²) in [5.74, 6) is -1.78. The van der Waals surface area contributed by atoms with Crippen molar-refractivity contribution in [3.05, 3.63) is 35.9 Å².